The van der Waals surface area contributed by atoms with Crippen molar-refractivity contribution in [1.82, 2.24) is 9.55 Å². The summed E-state index contributed by atoms with van der Waals surface area (Å²) in [7, 11) is 1.91. The second kappa shape index (κ2) is 2.88. The highest BCUT2D eigenvalue weighted by Gasteiger charge is 2.11. The molecule has 0 amide bonds. The molecule has 3 aromatic rings. The number of pyridine rings is 1. The third kappa shape index (κ3) is 1.01. The van der Waals surface area contributed by atoms with Crippen LogP contribution in [0.5, 0.6) is 5.75 Å². The first-order chi connectivity index (χ1) is 7.68. The quantitative estimate of drug-likeness (QED) is 0.600. The van der Waals surface area contributed by atoms with Gasteiger partial charge in [0.25, 0.3) is 0 Å². The van der Waals surface area contributed by atoms with E-state index in [9.17, 15) is 5.11 Å². The molecule has 0 fully saturated rings. The van der Waals surface area contributed by atoms with Gasteiger partial charge in [0.2, 0.25) is 0 Å². The number of hydrogen-bond acceptors (Lipinski definition) is 3. The molecule has 3 N–H and O–H groups in total. The molecule has 0 bridgehead atoms. The summed E-state index contributed by atoms with van der Waals surface area (Å²) in [5, 5.41) is 11.9. The molecule has 0 aliphatic heterocycles. The van der Waals surface area contributed by atoms with E-state index in [1.807, 2.05) is 29.8 Å². The van der Waals surface area contributed by atoms with Crippen LogP contribution in [0.3, 0.4) is 0 Å². The summed E-state index contributed by atoms with van der Waals surface area (Å²) >= 11 is 0. The third-order valence-electron chi connectivity index (χ3n) is 2.91. The first kappa shape index (κ1) is 9.03. The molecule has 0 saturated carbocycles. The van der Waals surface area contributed by atoms with Crippen LogP contribution in [0.1, 0.15) is 0 Å². The Balaban J connectivity index is 2.65. The number of hydrogen-bond donors (Lipinski definition) is 2. The highest BCUT2D eigenvalue weighted by molar-refractivity contribution is 6.10. The van der Waals surface area contributed by atoms with Crippen LogP contribution >= 0.6 is 0 Å². The standard InChI is InChI=1S/C12H11N3O/c1-15-9-6-14-11(13)5-8(9)7-3-2-4-10(16)12(7)15/h2-6,16H,1H3,(H2,13,14). The van der Waals surface area contributed by atoms with Crippen LogP contribution in [0, 0.1) is 0 Å². The molecule has 0 spiro atoms. The number of fused-ring (bicyclic) bond motifs is 3. The van der Waals surface area contributed by atoms with E-state index in [2.05, 4.69) is 4.98 Å². The average molecular weight is 213 g/mol. The van der Waals surface area contributed by atoms with E-state index in [1.54, 1.807) is 12.3 Å². The minimum absolute atomic E-state index is 0.273. The van der Waals surface area contributed by atoms with Gasteiger partial charge in [-0.05, 0) is 12.1 Å². The number of anilines is 1. The molecule has 0 radical (unpaired) electrons. The minimum Gasteiger partial charge on any atom is -0.506 e. The fraction of sp³-hybridized carbons (Fsp3) is 0.0833. The van der Waals surface area contributed by atoms with Gasteiger partial charge in [0, 0.05) is 17.8 Å². The fourth-order valence-corrected chi connectivity index (χ4v) is 2.17. The van der Waals surface area contributed by atoms with Crippen molar-refractivity contribution in [1.29, 1.82) is 0 Å². The molecule has 4 nitrogen and oxygen atoms in total. The number of rotatable bonds is 0. The number of aryl methyl sites for hydroxylation is 1. The van der Waals surface area contributed by atoms with Crippen molar-refractivity contribution in [2.75, 3.05) is 5.73 Å². The van der Waals surface area contributed by atoms with Crippen LogP contribution in [0.2, 0.25) is 0 Å². The van der Waals surface area contributed by atoms with Gasteiger partial charge in [0.1, 0.15) is 11.6 Å². The SMILES string of the molecule is Cn1c2cnc(N)cc2c2cccc(O)c21. The van der Waals surface area contributed by atoms with Gasteiger partial charge < -0.3 is 15.4 Å². The predicted octanol–water partition coefficient (Wildman–Crippen LogP) is 2.01. The lowest BCUT2D eigenvalue weighted by atomic mass is 10.2. The van der Waals surface area contributed by atoms with Gasteiger partial charge in [-0.1, -0.05) is 12.1 Å². The molecule has 0 aliphatic rings. The van der Waals surface area contributed by atoms with Gasteiger partial charge in [-0.25, -0.2) is 4.98 Å². The first-order valence-electron chi connectivity index (χ1n) is 5.00. The van der Waals surface area contributed by atoms with Crippen LogP contribution in [0.25, 0.3) is 21.8 Å². The molecule has 0 atom stereocenters. The molecule has 2 heterocycles. The molecule has 0 aliphatic carbocycles. The van der Waals surface area contributed by atoms with E-state index in [0.29, 0.717) is 5.82 Å². The van der Waals surface area contributed by atoms with Crippen LogP contribution < -0.4 is 5.73 Å². The van der Waals surface area contributed by atoms with Crippen molar-refractivity contribution in [3.63, 3.8) is 0 Å². The number of benzene rings is 1. The Morgan fingerprint density at radius 2 is 2.12 bits per heavy atom. The lowest BCUT2D eigenvalue weighted by Gasteiger charge is -1.99. The second-order valence-corrected chi connectivity index (χ2v) is 3.86. The summed E-state index contributed by atoms with van der Waals surface area (Å²) < 4.78 is 1.92. The van der Waals surface area contributed by atoms with Crippen molar-refractivity contribution in [2.24, 2.45) is 7.05 Å². The number of nitrogens with zero attached hydrogens (tertiary/aromatic N) is 2. The highest BCUT2D eigenvalue weighted by Crippen LogP contribution is 2.33. The summed E-state index contributed by atoms with van der Waals surface area (Å²) in [5.74, 6) is 0.762. The molecule has 0 saturated heterocycles. The monoisotopic (exact) mass is 213 g/mol. The second-order valence-electron chi connectivity index (χ2n) is 3.86. The van der Waals surface area contributed by atoms with Gasteiger partial charge in [0.05, 0.1) is 17.2 Å². The Hall–Kier alpha value is -2.23. The van der Waals surface area contributed by atoms with Gasteiger partial charge in [-0.15, -0.1) is 0 Å². The van der Waals surface area contributed by atoms with E-state index in [1.165, 1.54) is 0 Å². The van der Waals surface area contributed by atoms with Crippen molar-refractivity contribution in [3.8, 4) is 5.75 Å². The summed E-state index contributed by atoms with van der Waals surface area (Å²) in [5.41, 5.74) is 7.45. The number of aromatic nitrogens is 2. The van der Waals surface area contributed by atoms with Crippen molar-refractivity contribution < 1.29 is 5.11 Å². The van der Waals surface area contributed by atoms with Crippen LogP contribution in [0.4, 0.5) is 5.82 Å². The number of nitrogens with two attached hydrogens (primary N) is 1. The third-order valence-corrected chi connectivity index (χ3v) is 2.91. The van der Waals surface area contributed by atoms with E-state index in [-0.39, 0.29) is 5.75 Å². The van der Waals surface area contributed by atoms with E-state index < -0.39 is 0 Å². The Labute approximate surface area is 91.9 Å². The molecule has 4 heteroatoms. The van der Waals surface area contributed by atoms with Crippen molar-refractivity contribution >= 4 is 27.6 Å². The Morgan fingerprint density at radius 1 is 1.31 bits per heavy atom. The fourth-order valence-electron chi connectivity index (χ4n) is 2.17. The molecular formula is C12H11N3O. The van der Waals surface area contributed by atoms with Gasteiger partial charge >= 0.3 is 0 Å². The lowest BCUT2D eigenvalue weighted by Crippen LogP contribution is -1.90. The summed E-state index contributed by atoms with van der Waals surface area (Å²) in [6.07, 6.45) is 1.73. The molecule has 16 heavy (non-hydrogen) atoms. The Kier molecular flexibility index (Phi) is 1.63. The number of phenols is 1. The van der Waals surface area contributed by atoms with E-state index >= 15 is 0 Å². The average Bonchev–Trinajstić information content (AvgIpc) is 2.54. The van der Waals surface area contributed by atoms with Crippen LogP contribution in [-0.2, 0) is 7.05 Å². The minimum atomic E-state index is 0.273. The molecule has 0 unspecified atom stereocenters. The maximum absolute atomic E-state index is 9.85. The first-order valence-corrected chi connectivity index (χ1v) is 5.00. The molecule has 1 aromatic carbocycles. The van der Waals surface area contributed by atoms with Crippen molar-refractivity contribution in [2.45, 2.75) is 0 Å². The maximum atomic E-state index is 9.85. The Morgan fingerprint density at radius 3 is 2.94 bits per heavy atom. The zero-order valence-corrected chi connectivity index (χ0v) is 8.81. The normalized spacial score (nSPS) is 11.3. The Bertz CT molecular complexity index is 700. The molecular weight excluding hydrogens is 202 g/mol. The number of nitrogen functional groups attached to an aromatic ring is 1. The smallest absolute Gasteiger partial charge is 0.139 e. The summed E-state index contributed by atoms with van der Waals surface area (Å²) in [6.45, 7) is 0. The van der Waals surface area contributed by atoms with Crippen LogP contribution in [0.15, 0.2) is 30.5 Å². The number of aromatic hydroxyl groups is 1. The lowest BCUT2D eigenvalue weighted by molar-refractivity contribution is 0.479. The zero-order valence-electron chi connectivity index (χ0n) is 8.81. The largest absolute Gasteiger partial charge is 0.506 e. The topological polar surface area (TPSA) is 64.1 Å². The highest BCUT2D eigenvalue weighted by atomic mass is 16.3. The summed E-state index contributed by atoms with van der Waals surface area (Å²) in [6, 6.07) is 7.31. The molecule has 80 valence electrons. The van der Waals surface area contributed by atoms with Gasteiger partial charge in [-0.3, -0.25) is 0 Å². The maximum Gasteiger partial charge on any atom is 0.139 e. The predicted molar refractivity (Wildman–Crippen MR) is 64.3 cm³/mol. The van der Waals surface area contributed by atoms with E-state index in [0.717, 1.165) is 21.8 Å². The molecule has 3 rings (SSSR count). The summed E-state index contributed by atoms with van der Waals surface area (Å²) in [4.78, 5) is 4.07. The van der Waals surface area contributed by atoms with Gasteiger partial charge in [0.15, 0.2) is 0 Å². The van der Waals surface area contributed by atoms with Crippen LogP contribution in [-0.4, -0.2) is 14.7 Å². The zero-order chi connectivity index (χ0) is 11.3. The number of phenolic OH excluding ortho intramolecular Hbond substituents is 1. The van der Waals surface area contributed by atoms with Gasteiger partial charge in [-0.2, -0.15) is 0 Å². The molecule has 2 aromatic heterocycles. The van der Waals surface area contributed by atoms with Crippen molar-refractivity contribution in [3.05, 3.63) is 30.5 Å². The number of para-hydroxylation sites is 1. The van der Waals surface area contributed by atoms with E-state index in [4.69, 9.17) is 5.73 Å².